The van der Waals surface area contributed by atoms with Crippen LogP contribution >= 0.6 is 11.6 Å². The van der Waals surface area contributed by atoms with E-state index < -0.39 is 23.6 Å². The van der Waals surface area contributed by atoms with Crippen LogP contribution in [0.3, 0.4) is 0 Å². The van der Waals surface area contributed by atoms with Crippen LogP contribution in [-0.4, -0.2) is 22.1 Å². The fourth-order valence-corrected chi connectivity index (χ4v) is 2.39. The molecule has 0 fully saturated rings. The standard InChI is InChI=1S/C19H16ClF4N5O.C2H6/c1-3-5-11(6-4-2)17(30)27-18(25-14-8-12(20)7-13(21)9-14)26-16-10-15(28-29-16)19(22,23)24;1-2/h3-10H,1H2,2H3,(H3,25,26,27,28,29,30);1-2H3/b6-4-,11-5+;. The Labute approximate surface area is 187 Å². The molecule has 0 radical (unpaired) electrons. The highest BCUT2D eigenvalue weighted by Gasteiger charge is 2.33. The van der Waals surface area contributed by atoms with Gasteiger partial charge >= 0.3 is 6.18 Å². The van der Waals surface area contributed by atoms with Crippen molar-refractivity contribution in [3.8, 4) is 0 Å². The van der Waals surface area contributed by atoms with E-state index in [2.05, 4.69) is 27.3 Å². The molecular formula is C21H22ClF4N5O. The summed E-state index contributed by atoms with van der Waals surface area (Å²) >= 11 is 5.81. The summed E-state index contributed by atoms with van der Waals surface area (Å²) in [5, 5.41) is 10.3. The number of nitrogens with zero attached hydrogens (tertiary/aromatic N) is 2. The summed E-state index contributed by atoms with van der Waals surface area (Å²) in [5.74, 6) is -1.99. The van der Waals surface area contributed by atoms with Gasteiger partial charge in [-0.15, -0.1) is 0 Å². The van der Waals surface area contributed by atoms with Crippen molar-refractivity contribution >= 4 is 35.0 Å². The SMILES string of the molecule is C=C/C=C(\C=C/C)C(=O)NC(=Nc1cc(C(F)(F)F)[nH]n1)Nc1cc(F)cc(Cl)c1.CC. The summed E-state index contributed by atoms with van der Waals surface area (Å²) in [4.78, 5) is 16.4. The van der Waals surface area contributed by atoms with Gasteiger partial charge in [-0.2, -0.15) is 23.3 Å². The minimum atomic E-state index is -4.65. The van der Waals surface area contributed by atoms with Crippen LogP contribution < -0.4 is 10.6 Å². The zero-order valence-corrected chi connectivity index (χ0v) is 18.3. The van der Waals surface area contributed by atoms with E-state index in [4.69, 9.17) is 11.6 Å². The second-order valence-electron chi connectivity index (χ2n) is 5.69. The number of benzene rings is 1. The van der Waals surface area contributed by atoms with Crippen LogP contribution in [0.25, 0.3) is 0 Å². The average molecular weight is 472 g/mol. The quantitative estimate of drug-likeness (QED) is 0.161. The number of amides is 1. The number of anilines is 1. The van der Waals surface area contributed by atoms with Crippen molar-refractivity contribution in [2.45, 2.75) is 26.9 Å². The Balaban J connectivity index is 0.00000249. The first-order valence-electron chi connectivity index (χ1n) is 9.33. The molecule has 0 atom stereocenters. The lowest BCUT2D eigenvalue weighted by atomic mass is 10.2. The van der Waals surface area contributed by atoms with Gasteiger partial charge in [0.25, 0.3) is 5.91 Å². The molecule has 2 rings (SSSR count). The van der Waals surface area contributed by atoms with E-state index in [-0.39, 0.29) is 28.1 Å². The van der Waals surface area contributed by atoms with Crippen LogP contribution in [0, 0.1) is 5.82 Å². The third-order valence-electron chi connectivity index (χ3n) is 3.36. The molecule has 3 N–H and O–H groups in total. The minimum absolute atomic E-state index is 0.0588. The van der Waals surface area contributed by atoms with Gasteiger partial charge in [-0.1, -0.05) is 56.3 Å². The van der Waals surface area contributed by atoms with Crippen LogP contribution in [-0.2, 0) is 11.0 Å². The number of guanidine groups is 1. The molecular weight excluding hydrogens is 450 g/mol. The first kappa shape index (κ1) is 26.6. The van der Waals surface area contributed by atoms with E-state index in [0.717, 1.165) is 12.1 Å². The van der Waals surface area contributed by atoms with Crippen molar-refractivity contribution in [1.29, 1.82) is 0 Å². The third-order valence-corrected chi connectivity index (χ3v) is 3.58. The molecule has 0 aliphatic carbocycles. The van der Waals surface area contributed by atoms with Crippen LogP contribution in [0.5, 0.6) is 0 Å². The second kappa shape index (κ2) is 12.5. The maximum absolute atomic E-state index is 13.6. The average Bonchev–Trinajstić information content (AvgIpc) is 3.17. The van der Waals surface area contributed by atoms with Gasteiger partial charge in [0.05, 0.1) is 0 Å². The van der Waals surface area contributed by atoms with Gasteiger partial charge in [-0.05, 0) is 25.1 Å². The van der Waals surface area contributed by atoms with E-state index in [9.17, 15) is 22.4 Å². The van der Waals surface area contributed by atoms with Crippen molar-refractivity contribution in [2.75, 3.05) is 5.32 Å². The molecule has 1 aromatic carbocycles. The molecule has 0 saturated carbocycles. The summed E-state index contributed by atoms with van der Waals surface area (Å²) in [7, 11) is 0. The maximum atomic E-state index is 13.6. The summed E-state index contributed by atoms with van der Waals surface area (Å²) < 4.78 is 51.9. The third kappa shape index (κ3) is 8.38. The van der Waals surface area contributed by atoms with Crippen LogP contribution in [0.15, 0.2) is 65.7 Å². The summed E-state index contributed by atoms with van der Waals surface area (Å²) in [5.41, 5.74) is -0.829. The number of carbonyl (C=O) groups excluding carboxylic acids is 1. The molecule has 0 aliphatic rings. The number of aromatic amines is 1. The highest BCUT2D eigenvalue weighted by atomic mass is 35.5. The number of carbonyl (C=O) groups is 1. The number of nitrogens with one attached hydrogen (secondary N) is 3. The Hall–Kier alpha value is -3.40. The number of H-pyrrole nitrogens is 1. The van der Waals surface area contributed by atoms with Crippen LogP contribution in [0.1, 0.15) is 26.5 Å². The molecule has 172 valence electrons. The molecule has 1 aromatic heterocycles. The predicted molar refractivity (Wildman–Crippen MR) is 118 cm³/mol. The normalized spacial score (nSPS) is 12.2. The van der Waals surface area contributed by atoms with Gasteiger partial charge in [-0.25, -0.2) is 4.39 Å². The largest absolute Gasteiger partial charge is 0.432 e. The minimum Gasteiger partial charge on any atom is -0.325 e. The van der Waals surface area contributed by atoms with Gasteiger partial charge < -0.3 is 5.32 Å². The lowest BCUT2D eigenvalue weighted by molar-refractivity contribution is -0.141. The molecule has 11 heteroatoms. The van der Waals surface area contributed by atoms with Crippen LogP contribution in [0.4, 0.5) is 29.1 Å². The summed E-state index contributed by atoms with van der Waals surface area (Å²) in [6.07, 6.45) is 1.25. The smallest absolute Gasteiger partial charge is 0.325 e. The Morgan fingerprint density at radius 3 is 2.47 bits per heavy atom. The fourth-order valence-electron chi connectivity index (χ4n) is 2.17. The number of aromatic nitrogens is 2. The molecule has 6 nitrogen and oxygen atoms in total. The van der Waals surface area contributed by atoms with Crippen molar-refractivity contribution in [1.82, 2.24) is 15.5 Å². The zero-order chi connectivity index (χ0) is 24.3. The highest BCUT2D eigenvalue weighted by Crippen LogP contribution is 2.29. The topological polar surface area (TPSA) is 82.2 Å². The number of hydrogen-bond donors (Lipinski definition) is 3. The zero-order valence-electron chi connectivity index (χ0n) is 17.5. The monoisotopic (exact) mass is 471 g/mol. The second-order valence-corrected chi connectivity index (χ2v) is 6.13. The lowest BCUT2D eigenvalue weighted by Gasteiger charge is -2.12. The van der Waals surface area contributed by atoms with Gasteiger partial charge in [0.2, 0.25) is 5.96 Å². The summed E-state index contributed by atoms with van der Waals surface area (Å²) in [6.45, 7) is 9.20. The van der Waals surface area contributed by atoms with Crippen molar-refractivity contribution in [3.63, 3.8) is 0 Å². The van der Waals surface area contributed by atoms with Gasteiger partial charge in [0.15, 0.2) is 5.82 Å². The predicted octanol–water partition coefficient (Wildman–Crippen LogP) is 6.15. The van der Waals surface area contributed by atoms with Crippen molar-refractivity contribution in [2.24, 2.45) is 4.99 Å². The number of rotatable bonds is 5. The van der Waals surface area contributed by atoms with Gasteiger partial charge in [-0.3, -0.25) is 15.2 Å². The molecule has 0 spiro atoms. The maximum Gasteiger partial charge on any atom is 0.432 e. The van der Waals surface area contributed by atoms with Crippen LogP contribution in [0.2, 0.25) is 5.02 Å². The van der Waals surface area contributed by atoms with Gasteiger partial charge in [0.1, 0.15) is 11.5 Å². The number of aliphatic imine (C=N–C) groups is 1. The molecule has 1 heterocycles. The first-order valence-corrected chi connectivity index (χ1v) is 9.71. The number of allylic oxidation sites excluding steroid dienone is 3. The van der Waals surface area contributed by atoms with Crippen molar-refractivity contribution in [3.05, 3.63) is 77.3 Å². The molecule has 0 unspecified atom stereocenters. The first-order chi connectivity index (χ1) is 15.1. The summed E-state index contributed by atoms with van der Waals surface area (Å²) in [6, 6.07) is 4.11. The Morgan fingerprint density at radius 2 is 1.94 bits per heavy atom. The lowest BCUT2D eigenvalue weighted by Crippen LogP contribution is -2.36. The van der Waals surface area contributed by atoms with E-state index in [1.807, 2.05) is 18.9 Å². The van der Waals surface area contributed by atoms with Crippen molar-refractivity contribution < 1.29 is 22.4 Å². The molecule has 0 saturated heterocycles. The van der Waals surface area contributed by atoms with E-state index in [0.29, 0.717) is 6.07 Å². The molecule has 1 amide bonds. The van der Waals surface area contributed by atoms with Gasteiger partial charge in [0, 0.05) is 22.3 Å². The fraction of sp³-hybridized carbons (Fsp3) is 0.190. The van der Waals surface area contributed by atoms with E-state index in [1.165, 1.54) is 24.3 Å². The molecule has 2 aromatic rings. The van der Waals surface area contributed by atoms with E-state index in [1.54, 1.807) is 13.0 Å². The highest BCUT2D eigenvalue weighted by molar-refractivity contribution is 6.31. The number of alkyl halides is 3. The Morgan fingerprint density at radius 1 is 1.25 bits per heavy atom. The number of hydrogen-bond acceptors (Lipinski definition) is 3. The molecule has 0 bridgehead atoms. The molecule has 32 heavy (non-hydrogen) atoms. The van der Waals surface area contributed by atoms with E-state index >= 15 is 0 Å². The molecule has 0 aliphatic heterocycles. The Kier molecular flexibility index (Phi) is 10.4. The Bertz CT molecular complexity index is 1010. The number of halogens is 5.